The highest BCUT2D eigenvalue weighted by molar-refractivity contribution is 8.14. The molecule has 0 aromatic rings. The number of rotatable bonds is 5. The van der Waals surface area contributed by atoms with Gasteiger partial charge in [-0.25, -0.2) is 0 Å². The Morgan fingerprint density at radius 1 is 1.56 bits per heavy atom. The first kappa shape index (κ1) is 14.0. The summed E-state index contributed by atoms with van der Waals surface area (Å²) in [5.41, 5.74) is 0. The second-order valence-corrected chi connectivity index (χ2v) is 7.60. The highest BCUT2D eigenvalue weighted by Gasteiger charge is 2.22. The standard InChI is InChI=1S/C11H22N2OS2/c1-8(2)10-7-13-11(15-10)12-6-5-9(3)16(4)14/h8-10H,5-7H2,1-4H3,(H,12,13). The third kappa shape index (κ3) is 4.45. The van der Waals surface area contributed by atoms with Gasteiger partial charge in [-0.3, -0.25) is 9.20 Å². The van der Waals surface area contributed by atoms with Crippen molar-refractivity contribution in [3.05, 3.63) is 0 Å². The lowest BCUT2D eigenvalue weighted by molar-refractivity contribution is 0.621. The van der Waals surface area contributed by atoms with Crippen LogP contribution in [0.1, 0.15) is 27.2 Å². The molecular formula is C11H22N2OS2. The summed E-state index contributed by atoms with van der Waals surface area (Å²) in [4.78, 5) is 4.47. The molecule has 0 bridgehead atoms. The third-order valence-corrected chi connectivity index (χ3v) is 5.68. The topological polar surface area (TPSA) is 41.5 Å². The van der Waals surface area contributed by atoms with Crippen LogP contribution >= 0.6 is 11.8 Å². The molecule has 0 saturated carbocycles. The largest absolute Gasteiger partial charge is 0.365 e. The van der Waals surface area contributed by atoms with Gasteiger partial charge in [0.25, 0.3) is 0 Å². The predicted molar refractivity (Wildman–Crippen MR) is 74.7 cm³/mol. The minimum absolute atomic E-state index is 0.264. The average molecular weight is 262 g/mol. The number of aliphatic imine (C=N–C) groups is 1. The summed E-state index contributed by atoms with van der Waals surface area (Å²) in [6, 6.07) is 0. The van der Waals surface area contributed by atoms with Gasteiger partial charge in [-0.15, -0.1) is 0 Å². The van der Waals surface area contributed by atoms with Crippen LogP contribution in [0.2, 0.25) is 0 Å². The van der Waals surface area contributed by atoms with Crippen LogP contribution in [0, 0.1) is 5.92 Å². The third-order valence-electron chi connectivity index (χ3n) is 2.82. The van der Waals surface area contributed by atoms with Crippen LogP contribution in [0.4, 0.5) is 0 Å². The Bertz CT molecular complexity index is 279. The van der Waals surface area contributed by atoms with Crippen molar-refractivity contribution in [3.8, 4) is 0 Å². The Morgan fingerprint density at radius 3 is 2.75 bits per heavy atom. The van der Waals surface area contributed by atoms with Crippen LogP contribution in [0.25, 0.3) is 0 Å². The molecule has 1 rings (SSSR count). The van der Waals surface area contributed by atoms with Gasteiger partial charge < -0.3 is 5.32 Å². The van der Waals surface area contributed by atoms with Crippen molar-refractivity contribution in [2.45, 2.75) is 37.7 Å². The highest BCUT2D eigenvalue weighted by atomic mass is 32.2. The fraction of sp³-hybridized carbons (Fsp3) is 0.909. The minimum Gasteiger partial charge on any atom is -0.365 e. The quantitative estimate of drug-likeness (QED) is 0.822. The lowest BCUT2D eigenvalue weighted by atomic mass is 10.1. The Balaban J connectivity index is 2.18. The zero-order valence-corrected chi connectivity index (χ0v) is 12.2. The van der Waals surface area contributed by atoms with Gasteiger partial charge in [0.1, 0.15) is 0 Å². The molecule has 0 aromatic carbocycles. The van der Waals surface area contributed by atoms with E-state index < -0.39 is 10.8 Å². The fourth-order valence-electron chi connectivity index (χ4n) is 1.38. The molecule has 0 aromatic heterocycles. The summed E-state index contributed by atoms with van der Waals surface area (Å²) >= 11 is 1.84. The van der Waals surface area contributed by atoms with Gasteiger partial charge in [0.05, 0.1) is 6.54 Å². The molecule has 1 aliphatic heterocycles. The van der Waals surface area contributed by atoms with Crippen LogP contribution in [0.5, 0.6) is 0 Å². The van der Waals surface area contributed by atoms with Gasteiger partial charge in [0, 0.05) is 34.1 Å². The van der Waals surface area contributed by atoms with E-state index in [1.165, 1.54) is 0 Å². The number of hydrogen-bond acceptors (Lipinski definition) is 4. The molecule has 5 heteroatoms. The molecule has 0 fully saturated rings. The Labute approximate surface area is 105 Å². The Kier molecular flexibility index (Phi) is 5.83. The molecule has 0 aliphatic carbocycles. The van der Waals surface area contributed by atoms with E-state index in [-0.39, 0.29) is 5.25 Å². The smallest absolute Gasteiger partial charge is 0.156 e. The maximum Gasteiger partial charge on any atom is 0.156 e. The lowest BCUT2D eigenvalue weighted by Crippen LogP contribution is -2.25. The first-order chi connectivity index (χ1) is 7.50. The maximum absolute atomic E-state index is 11.2. The summed E-state index contributed by atoms with van der Waals surface area (Å²) < 4.78 is 11.2. The van der Waals surface area contributed by atoms with E-state index in [9.17, 15) is 4.21 Å². The summed E-state index contributed by atoms with van der Waals surface area (Å²) in [6.45, 7) is 8.30. The van der Waals surface area contributed by atoms with Gasteiger partial charge in [-0.1, -0.05) is 32.5 Å². The van der Waals surface area contributed by atoms with Crippen molar-refractivity contribution < 1.29 is 4.21 Å². The van der Waals surface area contributed by atoms with Crippen LogP contribution in [-0.4, -0.2) is 39.2 Å². The van der Waals surface area contributed by atoms with E-state index in [1.807, 2.05) is 18.7 Å². The van der Waals surface area contributed by atoms with Gasteiger partial charge in [-0.2, -0.15) is 0 Å². The zero-order chi connectivity index (χ0) is 12.1. The van der Waals surface area contributed by atoms with E-state index in [0.29, 0.717) is 11.2 Å². The van der Waals surface area contributed by atoms with E-state index in [2.05, 4.69) is 24.2 Å². The molecular weight excluding hydrogens is 240 g/mol. The first-order valence-corrected chi connectivity index (χ1v) is 8.28. The van der Waals surface area contributed by atoms with Crippen molar-refractivity contribution in [2.75, 3.05) is 19.3 Å². The van der Waals surface area contributed by atoms with E-state index in [1.54, 1.807) is 6.26 Å². The molecule has 0 saturated heterocycles. The molecule has 0 spiro atoms. The summed E-state index contributed by atoms with van der Waals surface area (Å²) in [5.74, 6) is 0.676. The summed E-state index contributed by atoms with van der Waals surface area (Å²) in [5, 5.41) is 5.28. The highest BCUT2D eigenvalue weighted by Crippen LogP contribution is 2.25. The normalized spacial score (nSPS) is 24.3. The van der Waals surface area contributed by atoms with Crippen LogP contribution in [0.3, 0.4) is 0 Å². The van der Waals surface area contributed by atoms with Crippen molar-refractivity contribution in [3.63, 3.8) is 0 Å². The molecule has 3 atom stereocenters. The van der Waals surface area contributed by atoms with E-state index in [4.69, 9.17) is 0 Å². The van der Waals surface area contributed by atoms with Crippen LogP contribution in [0.15, 0.2) is 4.99 Å². The zero-order valence-electron chi connectivity index (χ0n) is 10.5. The SMILES string of the molecule is CC(C)C1CN=C(NCCC(C)S(C)=O)S1. The minimum atomic E-state index is -0.714. The number of nitrogens with zero attached hydrogens (tertiary/aromatic N) is 1. The van der Waals surface area contributed by atoms with Crippen molar-refractivity contribution in [1.82, 2.24) is 5.32 Å². The molecule has 16 heavy (non-hydrogen) atoms. The first-order valence-electron chi connectivity index (χ1n) is 5.78. The molecule has 0 amide bonds. The van der Waals surface area contributed by atoms with Crippen molar-refractivity contribution in [2.24, 2.45) is 10.9 Å². The lowest BCUT2D eigenvalue weighted by Gasteiger charge is -2.13. The molecule has 94 valence electrons. The molecule has 3 nitrogen and oxygen atoms in total. The van der Waals surface area contributed by atoms with Gasteiger partial charge in [0.15, 0.2) is 5.17 Å². The molecule has 1 aliphatic rings. The maximum atomic E-state index is 11.2. The van der Waals surface area contributed by atoms with Gasteiger partial charge >= 0.3 is 0 Å². The van der Waals surface area contributed by atoms with Crippen molar-refractivity contribution in [1.29, 1.82) is 0 Å². The van der Waals surface area contributed by atoms with Gasteiger partial charge in [0.2, 0.25) is 0 Å². The predicted octanol–water partition coefficient (Wildman–Crippen LogP) is 1.86. The molecule has 0 radical (unpaired) electrons. The molecule has 3 unspecified atom stereocenters. The number of nitrogens with one attached hydrogen (secondary N) is 1. The Hall–Kier alpha value is -0.0300. The second kappa shape index (κ2) is 6.64. The number of amidine groups is 1. The number of hydrogen-bond donors (Lipinski definition) is 1. The molecule has 1 N–H and O–H groups in total. The fourth-order valence-corrected chi connectivity index (χ4v) is 2.88. The van der Waals surface area contributed by atoms with E-state index in [0.717, 1.165) is 24.7 Å². The Morgan fingerprint density at radius 2 is 2.25 bits per heavy atom. The average Bonchev–Trinajstić information content (AvgIpc) is 2.66. The summed E-state index contributed by atoms with van der Waals surface area (Å²) in [6.07, 6.45) is 2.70. The van der Waals surface area contributed by atoms with E-state index >= 15 is 0 Å². The molecule has 1 heterocycles. The van der Waals surface area contributed by atoms with Crippen LogP contribution < -0.4 is 5.32 Å². The monoisotopic (exact) mass is 262 g/mol. The van der Waals surface area contributed by atoms with Gasteiger partial charge in [-0.05, 0) is 12.3 Å². The summed E-state index contributed by atoms with van der Waals surface area (Å²) in [7, 11) is -0.714. The number of thioether (sulfide) groups is 1. The van der Waals surface area contributed by atoms with Crippen molar-refractivity contribution >= 4 is 27.7 Å². The second-order valence-electron chi connectivity index (χ2n) is 4.57. The van der Waals surface area contributed by atoms with Crippen LogP contribution in [-0.2, 0) is 10.8 Å².